The van der Waals surface area contributed by atoms with Crippen LogP contribution in [0.1, 0.15) is 25.1 Å². The maximum atomic E-state index is 6.01. The van der Waals surface area contributed by atoms with Gasteiger partial charge < -0.3 is 9.05 Å². The van der Waals surface area contributed by atoms with Crippen LogP contribution in [0.2, 0.25) is 0 Å². The molecule has 2 unspecified atom stereocenters. The molecule has 0 spiro atoms. The molecule has 0 bridgehead atoms. The summed E-state index contributed by atoms with van der Waals surface area (Å²) >= 11 is 0. The van der Waals surface area contributed by atoms with E-state index in [0.717, 1.165) is 5.75 Å². The number of hydrogen-bond acceptors (Lipinski definition) is 2. The topological polar surface area (TPSA) is 18.5 Å². The van der Waals surface area contributed by atoms with Crippen molar-refractivity contribution >= 4 is 8.38 Å². The van der Waals surface area contributed by atoms with Crippen molar-refractivity contribution < 1.29 is 9.05 Å². The Morgan fingerprint density at radius 2 is 1.53 bits per heavy atom. The first-order valence-corrected chi connectivity index (χ1v) is 7.76. The Labute approximate surface area is 116 Å². The molecule has 2 aromatic rings. The number of para-hydroxylation sites is 1. The van der Waals surface area contributed by atoms with Crippen molar-refractivity contribution in [1.29, 1.82) is 0 Å². The van der Waals surface area contributed by atoms with Crippen LogP contribution in [-0.2, 0) is 4.52 Å². The Bertz CT molecular complexity index is 473. The first-order valence-electron chi connectivity index (χ1n) is 6.51. The molecule has 0 aliphatic rings. The lowest BCUT2D eigenvalue weighted by Crippen LogP contribution is -2.01. The second-order valence-corrected chi connectivity index (χ2v) is 5.98. The normalized spacial score (nSPS) is 13.8. The van der Waals surface area contributed by atoms with E-state index in [9.17, 15) is 0 Å². The maximum absolute atomic E-state index is 6.01. The SMILES string of the molecule is CCOP(Oc1ccccc1)C(C)c1ccccc1. The largest absolute Gasteiger partial charge is 0.447 e. The zero-order valence-electron chi connectivity index (χ0n) is 11.3. The van der Waals surface area contributed by atoms with E-state index < -0.39 is 8.38 Å². The highest BCUT2D eigenvalue weighted by molar-refractivity contribution is 7.48. The van der Waals surface area contributed by atoms with Crippen LogP contribution in [0.4, 0.5) is 0 Å². The Morgan fingerprint density at radius 3 is 2.11 bits per heavy atom. The van der Waals surface area contributed by atoms with Crippen molar-refractivity contribution in [3.63, 3.8) is 0 Å². The molecule has 2 aromatic carbocycles. The first kappa shape index (κ1) is 14.0. The predicted octanol–water partition coefficient (Wildman–Crippen LogP) is 5.18. The van der Waals surface area contributed by atoms with E-state index in [1.807, 2.05) is 55.5 Å². The predicted molar refractivity (Wildman–Crippen MR) is 80.5 cm³/mol. The van der Waals surface area contributed by atoms with Crippen molar-refractivity contribution in [2.24, 2.45) is 0 Å². The van der Waals surface area contributed by atoms with Gasteiger partial charge in [-0.3, -0.25) is 0 Å². The van der Waals surface area contributed by atoms with Gasteiger partial charge in [0.15, 0.2) is 0 Å². The van der Waals surface area contributed by atoms with Crippen molar-refractivity contribution in [2.45, 2.75) is 19.5 Å². The summed E-state index contributed by atoms with van der Waals surface area (Å²) < 4.78 is 11.8. The molecule has 3 heteroatoms. The Kier molecular flexibility index (Phi) is 5.38. The molecule has 100 valence electrons. The minimum atomic E-state index is -0.975. The summed E-state index contributed by atoms with van der Waals surface area (Å²) in [4.78, 5) is 0. The summed E-state index contributed by atoms with van der Waals surface area (Å²) in [5.74, 6) is 0.866. The lowest BCUT2D eigenvalue weighted by molar-refractivity contribution is 0.327. The molecule has 2 rings (SSSR count). The molecule has 0 aliphatic carbocycles. The van der Waals surface area contributed by atoms with E-state index in [1.54, 1.807) is 0 Å². The van der Waals surface area contributed by atoms with Crippen LogP contribution in [0.15, 0.2) is 60.7 Å². The fourth-order valence-electron chi connectivity index (χ4n) is 1.78. The summed E-state index contributed by atoms with van der Waals surface area (Å²) in [5, 5.41) is 0. The Balaban J connectivity index is 2.11. The minimum Gasteiger partial charge on any atom is -0.447 e. The van der Waals surface area contributed by atoms with Crippen molar-refractivity contribution in [3.05, 3.63) is 66.2 Å². The van der Waals surface area contributed by atoms with Gasteiger partial charge in [0.1, 0.15) is 5.75 Å². The summed E-state index contributed by atoms with van der Waals surface area (Å²) in [6.07, 6.45) is 0. The molecular formula is C16H19O2P. The first-order chi connectivity index (χ1) is 9.31. The smallest absolute Gasteiger partial charge is 0.237 e. The summed E-state index contributed by atoms with van der Waals surface area (Å²) in [6, 6.07) is 20.2. The van der Waals surface area contributed by atoms with Gasteiger partial charge in [0.2, 0.25) is 8.38 Å². The van der Waals surface area contributed by atoms with Gasteiger partial charge in [0, 0.05) is 0 Å². The second kappa shape index (κ2) is 7.28. The van der Waals surface area contributed by atoms with Crippen LogP contribution in [0.5, 0.6) is 5.75 Å². The molecule has 0 aliphatic heterocycles. The molecule has 0 heterocycles. The molecule has 0 amide bonds. The van der Waals surface area contributed by atoms with Crippen LogP contribution in [0, 0.1) is 0 Å². The number of rotatable bonds is 6. The molecule has 0 fully saturated rings. The number of benzene rings is 2. The highest BCUT2D eigenvalue weighted by Crippen LogP contribution is 2.52. The van der Waals surface area contributed by atoms with E-state index in [2.05, 4.69) is 19.1 Å². The molecule has 0 N–H and O–H groups in total. The highest BCUT2D eigenvalue weighted by atomic mass is 31.2. The van der Waals surface area contributed by atoms with Gasteiger partial charge >= 0.3 is 0 Å². The van der Waals surface area contributed by atoms with E-state index in [-0.39, 0.29) is 5.66 Å². The lowest BCUT2D eigenvalue weighted by atomic mass is 10.2. The monoisotopic (exact) mass is 274 g/mol. The molecule has 0 radical (unpaired) electrons. The van der Waals surface area contributed by atoms with Gasteiger partial charge in [0.25, 0.3) is 0 Å². The van der Waals surface area contributed by atoms with Gasteiger partial charge in [-0.15, -0.1) is 0 Å². The third-order valence-corrected chi connectivity index (χ3v) is 4.63. The quantitative estimate of drug-likeness (QED) is 0.676. The molecule has 0 aromatic heterocycles. The van der Waals surface area contributed by atoms with Gasteiger partial charge in [-0.1, -0.05) is 48.5 Å². The van der Waals surface area contributed by atoms with Crippen LogP contribution in [-0.4, -0.2) is 6.61 Å². The van der Waals surface area contributed by atoms with E-state index in [0.29, 0.717) is 6.61 Å². The summed E-state index contributed by atoms with van der Waals surface area (Å²) in [5.41, 5.74) is 1.49. The average Bonchev–Trinajstić information content (AvgIpc) is 2.48. The van der Waals surface area contributed by atoms with Crippen LogP contribution < -0.4 is 4.52 Å². The fraction of sp³-hybridized carbons (Fsp3) is 0.250. The zero-order valence-corrected chi connectivity index (χ0v) is 12.2. The zero-order chi connectivity index (χ0) is 13.5. The summed E-state index contributed by atoms with van der Waals surface area (Å²) in [6.45, 7) is 4.82. The fourth-order valence-corrected chi connectivity index (χ4v) is 3.22. The Morgan fingerprint density at radius 1 is 0.947 bits per heavy atom. The van der Waals surface area contributed by atoms with Gasteiger partial charge in [-0.2, -0.15) is 0 Å². The third kappa shape index (κ3) is 4.05. The van der Waals surface area contributed by atoms with Crippen molar-refractivity contribution in [1.82, 2.24) is 0 Å². The minimum absolute atomic E-state index is 0.247. The van der Waals surface area contributed by atoms with Crippen molar-refractivity contribution in [2.75, 3.05) is 6.61 Å². The van der Waals surface area contributed by atoms with Crippen LogP contribution in [0.25, 0.3) is 0 Å². The van der Waals surface area contributed by atoms with Crippen LogP contribution >= 0.6 is 8.38 Å². The third-order valence-electron chi connectivity index (χ3n) is 2.79. The molecule has 0 saturated heterocycles. The molecule has 2 atom stereocenters. The van der Waals surface area contributed by atoms with E-state index in [1.165, 1.54) is 5.56 Å². The molecule has 0 saturated carbocycles. The van der Waals surface area contributed by atoms with E-state index >= 15 is 0 Å². The van der Waals surface area contributed by atoms with Gasteiger partial charge in [-0.25, -0.2) is 0 Å². The lowest BCUT2D eigenvalue weighted by Gasteiger charge is -2.23. The molecular weight excluding hydrogens is 255 g/mol. The van der Waals surface area contributed by atoms with Crippen LogP contribution in [0.3, 0.4) is 0 Å². The van der Waals surface area contributed by atoms with Gasteiger partial charge in [0.05, 0.1) is 12.3 Å². The highest BCUT2D eigenvalue weighted by Gasteiger charge is 2.22. The van der Waals surface area contributed by atoms with E-state index in [4.69, 9.17) is 9.05 Å². The molecule has 2 nitrogen and oxygen atoms in total. The maximum Gasteiger partial charge on any atom is 0.237 e. The second-order valence-electron chi connectivity index (χ2n) is 4.19. The van der Waals surface area contributed by atoms with Gasteiger partial charge in [-0.05, 0) is 31.5 Å². The molecule has 19 heavy (non-hydrogen) atoms. The van der Waals surface area contributed by atoms with Crippen molar-refractivity contribution in [3.8, 4) is 5.75 Å². The number of hydrogen-bond donors (Lipinski definition) is 0. The average molecular weight is 274 g/mol. The standard InChI is InChI=1S/C16H19O2P/c1-3-17-19(18-16-12-8-5-9-13-16)14(2)15-10-6-4-7-11-15/h4-14H,3H2,1-2H3. The summed E-state index contributed by atoms with van der Waals surface area (Å²) in [7, 11) is -0.975. The Hall–Kier alpha value is -1.37.